The highest BCUT2D eigenvalue weighted by atomic mass is 16.6. The first-order chi connectivity index (χ1) is 15.3. The fourth-order valence-corrected chi connectivity index (χ4v) is 4.64. The smallest absolute Gasteiger partial charge is 0.271 e. The lowest BCUT2D eigenvalue weighted by Gasteiger charge is -2.43. The highest BCUT2D eigenvalue weighted by Gasteiger charge is 2.64. The fourth-order valence-electron chi connectivity index (χ4n) is 4.64. The van der Waals surface area contributed by atoms with E-state index in [1.165, 1.54) is 12.3 Å². The maximum absolute atomic E-state index is 13.0. The fraction of sp³-hybridized carbons (Fsp3) is 0.455. The summed E-state index contributed by atoms with van der Waals surface area (Å²) >= 11 is 0. The van der Waals surface area contributed by atoms with E-state index in [0.29, 0.717) is 24.2 Å². The van der Waals surface area contributed by atoms with Crippen LogP contribution in [-0.2, 0) is 15.0 Å². The Labute approximate surface area is 183 Å². The molecule has 1 saturated carbocycles. The van der Waals surface area contributed by atoms with E-state index >= 15 is 0 Å². The minimum absolute atomic E-state index is 0.148. The third kappa shape index (κ3) is 3.35. The van der Waals surface area contributed by atoms with Crippen LogP contribution in [0.5, 0.6) is 5.88 Å². The number of nitrogens with zero attached hydrogens (tertiary/aromatic N) is 3. The normalized spacial score (nSPS) is 24.0. The molecule has 0 atom stereocenters. The monoisotopic (exact) mass is 439 g/mol. The van der Waals surface area contributed by atoms with Crippen molar-refractivity contribution in [2.45, 2.75) is 43.9 Å². The third-order valence-electron chi connectivity index (χ3n) is 5.96. The van der Waals surface area contributed by atoms with Gasteiger partial charge in [0.15, 0.2) is 5.65 Å². The van der Waals surface area contributed by atoms with Crippen LogP contribution in [0.4, 0.5) is 5.69 Å². The summed E-state index contributed by atoms with van der Waals surface area (Å²) < 4.78 is 19.0. The van der Waals surface area contributed by atoms with Crippen molar-refractivity contribution in [3.8, 4) is 5.88 Å². The van der Waals surface area contributed by atoms with Gasteiger partial charge in [-0.15, -0.1) is 0 Å². The summed E-state index contributed by atoms with van der Waals surface area (Å²) in [5.41, 5.74) is 0.0170. The number of methoxy groups -OCH3 is 1. The van der Waals surface area contributed by atoms with E-state index in [1.54, 1.807) is 19.2 Å². The van der Waals surface area contributed by atoms with Gasteiger partial charge < -0.3 is 24.5 Å². The van der Waals surface area contributed by atoms with E-state index in [2.05, 4.69) is 20.4 Å². The molecular weight excluding hydrogens is 414 g/mol. The molecule has 2 bridgehead atoms. The molecule has 5 heterocycles. The Hall–Kier alpha value is -3.24. The van der Waals surface area contributed by atoms with Gasteiger partial charge in [0.05, 0.1) is 30.5 Å². The number of hydrogen-bond acceptors (Lipinski definition) is 7. The van der Waals surface area contributed by atoms with Crippen molar-refractivity contribution in [1.82, 2.24) is 19.7 Å². The van der Waals surface area contributed by atoms with Crippen molar-refractivity contribution in [2.75, 3.05) is 25.6 Å². The van der Waals surface area contributed by atoms with Crippen molar-refractivity contribution in [3.63, 3.8) is 0 Å². The standard InChI is InChI=1S/C22H25N5O5/c1-13(2)32-20-15(18(28)24-16-5-4-6-23-19(16)29)7-14-8-27(26-17(14)25-20)21-9-22(10-21,12-30-3)31-11-21/h4-8,13H,9-12H2,1-3H3,(H,23,29)(H,24,28). The van der Waals surface area contributed by atoms with Gasteiger partial charge in [-0.05, 0) is 32.0 Å². The van der Waals surface area contributed by atoms with Crippen LogP contribution < -0.4 is 15.6 Å². The van der Waals surface area contributed by atoms with Crippen LogP contribution in [0.25, 0.3) is 11.0 Å². The van der Waals surface area contributed by atoms with Gasteiger partial charge >= 0.3 is 0 Å². The molecule has 3 fully saturated rings. The SMILES string of the molecule is COCC12CC(n3cc4cc(C(=O)Nc5ccc[nH]c5=O)c(OC(C)C)nc4n3)(CO1)C2. The second-order valence-corrected chi connectivity index (χ2v) is 8.84. The lowest BCUT2D eigenvalue weighted by molar-refractivity contribution is -0.0694. The van der Waals surface area contributed by atoms with E-state index < -0.39 is 5.91 Å². The van der Waals surface area contributed by atoms with E-state index in [-0.39, 0.29) is 39.9 Å². The number of amides is 1. The molecule has 6 rings (SSSR count). The Kier molecular flexibility index (Phi) is 4.79. The molecular formula is C22H25N5O5. The number of hydrogen-bond donors (Lipinski definition) is 2. The lowest BCUT2D eigenvalue weighted by atomic mass is 9.69. The van der Waals surface area contributed by atoms with Crippen LogP contribution >= 0.6 is 0 Å². The number of pyridine rings is 2. The quantitative estimate of drug-likeness (QED) is 0.578. The van der Waals surface area contributed by atoms with Crippen LogP contribution in [0.1, 0.15) is 37.0 Å². The molecule has 10 nitrogen and oxygen atoms in total. The predicted molar refractivity (Wildman–Crippen MR) is 116 cm³/mol. The molecule has 3 aromatic heterocycles. The number of fused-ring (bicyclic) bond motifs is 2. The first-order valence-corrected chi connectivity index (χ1v) is 10.5. The van der Waals surface area contributed by atoms with Gasteiger partial charge in [-0.25, -0.2) is 0 Å². The van der Waals surface area contributed by atoms with Crippen LogP contribution in [0.3, 0.4) is 0 Å². The summed E-state index contributed by atoms with van der Waals surface area (Å²) in [6.45, 7) is 4.83. The summed E-state index contributed by atoms with van der Waals surface area (Å²) in [5, 5.41) is 8.02. The summed E-state index contributed by atoms with van der Waals surface area (Å²) in [6.07, 6.45) is 4.83. The number of aromatic amines is 1. The number of anilines is 1. The average molecular weight is 439 g/mol. The van der Waals surface area contributed by atoms with Crippen molar-refractivity contribution in [1.29, 1.82) is 0 Å². The molecule has 1 aliphatic carbocycles. The van der Waals surface area contributed by atoms with Crippen LogP contribution in [0.15, 0.2) is 35.4 Å². The van der Waals surface area contributed by atoms with E-state index in [0.717, 1.165) is 12.8 Å². The third-order valence-corrected chi connectivity index (χ3v) is 5.96. The molecule has 3 aliphatic rings. The summed E-state index contributed by atoms with van der Waals surface area (Å²) in [4.78, 5) is 32.1. The summed E-state index contributed by atoms with van der Waals surface area (Å²) in [5.74, 6) is -0.310. The number of nitrogens with one attached hydrogen (secondary N) is 2. The zero-order valence-electron chi connectivity index (χ0n) is 18.2. The maximum atomic E-state index is 13.0. The number of H-pyrrole nitrogens is 1. The number of ether oxygens (including phenoxy) is 3. The van der Waals surface area contributed by atoms with E-state index in [9.17, 15) is 9.59 Å². The minimum Gasteiger partial charge on any atom is -0.474 e. The van der Waals surface area contributed by atoms with Crippen molar-refractivity contribution in [2.24, 2.45) is 0 Å². The van der Waals surface area contributed by atoms with Crippen molar-refractivity contribution < 1.29 is 19.0 Å². The van der Waals surface area contributed by atoms with Gasteiger partial charge in [0.25, 0.3) is 11.5 Å². The van der Waals surface area contributed by atoms with Crippen LogP contribution in [-0.4, -0.2) is 57.7 Å². The van der Waals surface area contributed by atoms with Gasteiger partial charge in [0.1, 0.15) is 11.3 Å². The second-order valence-electron chi connectivity index (χ2n) is 8.84. The van der Waals surface area contributed by atoms with Crippen molar-refractivity contribution in [3.05, 3.63) is 46.5 Å². The van der Waals surface area contributed by atoms with Gasteiger partial charge in [0, 0.05) is 37.7 Å². The average Bonchev–Trinajstić information content (AvgIpc) is 3.40. The molecule has 0 aromatic carbocycles. The predicted octanol–water partition coefficient (Wildman–Crippen LogP) is 2.06. The number of rotatable bonds is 7. The molecule has 0 spiro atoms. The minimum atomic E-state index is -0.482. The van der Waals surface area contributed by atoms with Crippen LogP contribution in [0, 0.1) is 0 Å². The highest BCUT2D eigenvalue weighted by Crippen LogP contribution is 2.56. The number of carbonyl (C=O) groups is 1. The zero-order valence-corrected chi connectivity index (χ0v) is 18.2. The molecule has 2 N–H and O–H groups in total. The molecule has 2 aliphatic heterocycles. The van der Waals surface area contributed by atoms with Crippen molar-refractivity contribution >= 4 is 22.6 Å². The Morgan fingerprint density at radius 1 is 1.41 bits per heavy atom. The molecule has 2 saturated heterocycles. The topological polar surface area (TPSA) is 120 Å². The first kappa shape index (κ1) is 20.7. The second kappa shape index (κ2) is 7.42. The van der Waals surface area contributed by atoms with Gasteiger partial charge in [0.2, 0.25) is 5.88 Å². The lowest BCUT2D eigenvalue weighted by Crippen LogP contribution is -2.53. The summed E-state index contributed by atoms with van der Waals surface area (Å²) in [7, 11) is 1.68. The Morgan fingerprint density at radius 3 is 2.94 bits per heavy atom. The van der Waals surface area contributed by atoms with Gasteiger partial charge in [-0.3, -0.25) is 14.3 Å². The molecule has 3 aromatic rings. The molecule has 32 heavy (non-hydrogen) atoms. The maximum Gasteiger partial charge on any atom is 0.271 e. The van der Waals surface area contributed by atoms with Gasteiger partial charge in [-0.2, -0.15) is 10.1 Å². The Bertz CT molecular complexity index is 1240. The van der Waals surface area contributed by atoms with E-state index in [4.69, 9.17) is 14.2 Å². The Morgan fingerprint density at radius 2 is 2.22 bits per heavy atom. The largest absolute Gasteiger partial charge is 0.474 e. The first-order valence-electron chi connectivity index (χ1n) is 10.5. The van der Waals surface area contributed by atoms with Gasteiger partial charge in [-0.1, -0.05) is 0 Å². The molecule has 10 heteroatoms. The Balaban J connectivity index is 1.49. The van der Waals surface area contributed by atoms with E-state index in [1.807, 2.05) is 24.7 Å². The molecule has 1 amide bonds. The number of aromatic nitrogens is 4. The van der Waals surface area contributed by atoms with Crippen LogP contribution in [0.2, 0.25) is 0 Å². The number of carbonyl (C=O) groups excluding carboxylic acids is 1. The summed E-state index contributed by atoms with van der Waals surface area (Å²) in [6, 6.07) is 4.87. The molecule has 0 radical (unpaired) electrons. The molecule has 168 valence electrons. The zero-order chi connectivity index (χ0) is 22.5. The highest BCUT2D eigenvalue weighted by molar-refractivity contribution is 6.07. The molecule has 0 unspecified atom stereocenters.